The lowest BCUT2D eigenvalue weighted by Gasteiger charge is -2.30. The number of aromatic nitrogens is 4. The normalized spacial score (nSPS) is 16.7. The second-order valence-electron chi connectivity index (χ2n) is 15.6. The Morgan fingerprint density at radius 2 is 1.60 bits per heavy atom. The van der Waals surface area contributed by atoms with Crippen molar-refractivity contribution < 1.29 is 4.74 Å². The topological polar surface area (TPSA) is 44.9 Å². The van der Waals surface area contributed by atoms with Crippen LogP contribution in [0.5, 0.6) is 11.5 Å². The number of nitrogens with zero attached hydrogens (tertiary/aromatic N) is 4. The van der Waals surface area contributed by atoms with Gasteiger partial charge in [-0.1, -0.05) is 78.3 Å². The predicted molar refractivity (Wildman–Crippen MR) is 209 cm³/mol. The Bertz CT molecular complexity index is 2210. The molecule has 0 fully saturated rings. The summed E-state index contributed by atoms with van der Waals surface area (Å²) in [5, 5.41) is 7.64. The molecule has 5 heteroatoms. The van der Waals surface area contributed by atoms with Crippen LogP contribution in [0.25, 0.3) is 33.3 Å². The first kappa shape index (κ1) is 33.8. The van der Waals surface area contributed by atoms with Crippen LogP contribution in [0.4, 0.5) is 0 Å². The largest absolute Gasteiger partial charge is 0.457 e. The first-order valence-electron chi connectivity index (χ1n) is 18.6. The zero-order valence-corrected chi connectivity index (χ0v) is 31.3. The fraction of sp³-hybridized carbons (Fsp3) is 0.378. The van der Waals surface area contributed by atoms with Crippen LogP contribution in [0.1, 0.15) is 114 Å². The minimum absolute atomic E-state index is 0.317. The third-order valence-corrected chi connectivity index (χ3v) is 10.5. The fourth-order valence-corrected chi connectivity index (χ4v) is 8.22. The minimum Gasteiger partial charge on any atom is -0.457 e. The quantitative estimate of drug-likeness (QED) is 0.145. The molecule has 1 aliphatic rings. The number of allylic oxidation sites excluding steroid dienone is 2. The summed E-state index contributed by atoms with van der Waals surface area (Å²) in [5.74, 6) is 4.75. The lowest BCUT2D eigenvalue weighted by atomic mass is 9.74. The predicted octanol–water partition coefficient (Wildman–Crippen LogP) is 12.4. The molecular weight excluding hydrogens is 613 g/mol. The fourth-order valence-electron chi connectivity index (χ4n) is 8.22. The molecule has 0 radical (unpaired) electrons. The molecule has 6 aromatic rings. The zero-order valence-electron chi connectivity index (χ0n) is 31.3. The van der Waals surface area contributed by atoms with Gasteiger partial charge in [0.2, 0.25) is 0 Å². The van der Waals surface area contributed by atoms with Gasteiger partial charge in [-0.25, -0.2) is 9.67 Å². The highest BCUT2D eigenvalue weighted by atomic mass is 16.5. The SMILES string of the molecule is CC1=CCC[C@H](C)C1c1c(C)nn(-c2cc(Oc3ccc4c5ccccc5n(-c5cc(CC(C)C)ccn5)c4c3)cc(C(C)C)c2)c1C(C)C. The molecule has 0 amide bonds. The van der Waals surface area contributed by atoms with E-state index in [1.807, 2.05) is 6.20 Å². The van der Waals surface area contributed by atoms with E-state index >= 15 is 0 Å². The number of fused-ring (bicyclic) bond motifs is 3. The Morgan fingerprint density at radius 3 is 2.34 bits per heavy atom. The standard InChI is InChI=1S/C45H52N4O/c1-27(2)21-33-19-20-46-42(22-33)48-40-16-11-10-15-38(40)39-18-17-36(26-41(39)48)50-37-24-34(28(3)4)23-35(25-37)49-45(29(5)6)44(32(9)47-49)43-30(7)13-12-14-31(43)8/h10-11,13,15-20,22-29,31,43H,12,14,21H2,1-9H3/t31-,43?/m0/s1. The molecule has 0 saturated heterocycles. The highest BCUT2D eigenvalue weighted by Crippen LogP contribution is 2.44. The number of para-hydroxylation sites is 1. The van der Waals surface area contributed by atoms with E-state index in [9.17, 15) is 0 Å². The summed E-state index contributed by atoms with van der Waals surface area (Å²) in [5.41, 5.74) is 11.1. The molecule has 2 atom stereocenters. The van der Waals surface area contributed by atoms with E-state index in [2.05, 4.69) is 150 Å². The molecule has 0 N–H and O–H groups in total. The van der Waals surface area contributed by atoms with Gasteiger partial charge in [0.15, 0.2) is 0 Å². The van der Waals surface area contributed by atoms with Crippen molar-refractivity contribution in [3.05, 3.63) is 119 Å². The molecule has 0 bridgehead atoms. The number of hydrogen-bond donors (Lipinski definition) is 0. The average Bonchev–Trinajstić information content (AvgIpc) is 3.59. The average molecular weight is 665 g/mol. The van der Waals surface area contributed by atoms with Gasteiger partial charge in [-0.3, -0.25) is 4.57 Å². The minimum atomic E-state index is 0.317. The van der Waals surface area contributed by atoms with E-state index in [0.717, 1.165) is 46.2 Å². The third-order valence-electron chi connectivity index (χ3n) is 10.5. The molecule has 258 valence electrons. The maximum Gasteiger partial charge on any atom is 0.137 e. The van der Waals surface area contributed by atoms with E-state index in [4.69, 9.17) is 14.8 Å². The molecule has 50 heavy (non-hydrogen) atoms. The first-order chi connectivity index (χ1) is 24.0. The van der Waals surface area contributed by atoms with Crippen molar-refractivity contribution in [2.75, 3.05) is 0 Å². The summed E-state index contributed by atoms with van der Waals surface area (Å²) in [4.78, 5) is 4.86. The van der Waals surface area contributed by atoms with Crippen molar-refractivity contribution in [2.24, 2.45) is 11.8 Å². The van der Waals surface area contributed by atoms with Crippen LogP contribution in [0.2, 0.25) is 0 Å². The van der Waals surface area contributed by atoms with Gasteiger partial charge < -0.3 is 4.74 Å². The Labute approximate surface area is 298 Å². The second-order valence-corrected chi connectivity index (χ2v) is 15.6. The molecule has 3 aromatic carbocycles. The Morgan fingerprint density at radius 1 is 0.820 bits per heavy atom. The van der Waals surface area contributed by atoms with E-state index < -0.39 is 0 Å². The number of rotatable bonds is 9. The molecular formula is C45H52N4O. The lowest BCUT2D eigenvalue weighted by Crippen LogP contribution is -2.18. The van der Waals surface area contributed by atoms with E-state index in [-0.39, 0.29) is 0 Å². The molecule has 3 aromatic heterocycles. The highest BCUT2D eigenvalue weighted by molar-refractivity contribution is 6.09. The first-order valence-corrected chi connectivity index (χ1v) is 18.6. The molecule has 0 aliphatic heterocycles. The van der Waals surface area contributed by atoms with E-state index in [1.54, 1.807) is 0 Å². The van der Waals surface area contributed by atoms with Crippen molar-refractivity contribution in [3.63, 3.8) is 0 Å². The van der Waals surface area contributed by atoms with Crippen LogP contribution in [-0.4, -0.2) is 19.3 Å². The molecule has 7 rings (SSSR count). The Hall–Kier alpha value is -4.64. The van der Waals surface area contributed by atoms with Gasteiger partial charge >= 0.3 is 0 Å². The Kier molecular flexibility index (Phi) is 9.19. The van der Waals surface area contributed by atoms with Gasteiger partial charge in [0.05, 0.1) is 28.1 Å². The highest BCUT2D eigenvalue weighted by Gasteiger charge is 2.32. The van der Waals surface area contributed by atoms with Gasteiger partial charge in [-0.05, 0) is 110 Å². The maximum absolute atomic E-state index is 6.81. The van der Waals surface area contributed by atoms with Crippen molar-refractivity contribution in [1.82, 2.24) is 19.3 Å². The Balaban J connectivity index is 1.34. The zero-order chi connectivity index (χ0) is 35.3. The van der Waals surface area contributed by atoms with Crippen LogP contribution < -0.4 is 4.74 Å². The van der Waals surface area contributed by atoms with Crippen LogP contribution in [0.15, 0.2) is 90.6 Å². The monoisotopic (exact) mass is 664 g/mol. The molecule has 0 spiro atoms. The number of hydrogen-bond acceptors (Lipinski definition) is 3. The molecule has 3 heterocycles. The van der Waals surface area contributed by atoms with Crippen LogP contribution in [0, 0.1) is 18.8 Å². The lowest BCUT2D eigenvalue weighted by molar-refractivity contribution is 0.445. The van der Waals surface area contributed by atoms with Gasteiger partial charge in [-0.15, -0.1) is 0 Å². The van der Waals surface area contributed by atoms with Crippen LogP contribution in [0.3, 0.4) is 0 Å². The van der Waals surface area contributed by atoms with Gasteiger partial charge in [0.1, 0.15) is 17.3 Å². The van der Waals surface area contributed by atoms with E-state index in [1.165, 1.54) is 51.6 Å². The van der Waals surface area contributed by atoms with Crippen molar-refractivity contribution in [1.29, 1.82) is 0 Å². The molecule has 1 aliphatic carbocycles. The number of ether oxygens (including phenoxy) is 1. The van der Waals surface area contributed by atoms with Gasteiger partial charge in [0, 0.05) is 40.6 Å². The smallest absolute Gasteiger partial charge is 0.137 e. The molecule has 5 nitrogen and oxygen atoms in total. The second kappa shape index (κ2) is 13.6. The number of benzene rings is 3. The number of pyridine rings is 1. The summed E-state index contributed by atoms with van der Waals surface area (Å²) in [7, 11) is 0. The van der Waals surface area contributed by atoms with Crippen molar-refractivity contribution in [2.45, 2.75) is 99.3 Å². The summed E-state index contributed by atoms with van der Waals surface area (Å²) in [6.45, 7) is 20.5. The van der Waals surface area contributed by atoms with Crippen molar-refractivity contribution in [3.8, 4) is 23.0 Å². The van der Waals surface area contributed by atoms with E-state index in [0.29, 0.717) is 29.6 Å². The summed E-state index contributed by atoms with van der Waals surface area (Å²) >= 11 is 0. The third kappa shape index (κ3) is 6.27. The summed E-state index contributed by atoms with van der Waals surface area (Å²) in [6.07, 6.45) is 7.77. The van der Waals surface area contributed by atoms with Gasteiger partial charge in [-0.2, -0.15) is 5.10 Å². The van der Waals surface area contributed by atoms with Crippen LogP contribution in [-0.2, 0) is 6.42 Å². The van der Waals surface area contributed by atoms with Crippen LogP contribution >= 0.6 is 0 Å². The maximum atomic E-state index is 6.81. The summed E-state index contributed by atoms with van der Waals surface area (Å²) < 4.78 is 11.3. The van der Waals surface area contributed by atoms with Crippen molar-refractivity contribution >= 4 is 21.8 Å². The molecule has 0 saturated carbocycles. The van der Waals surface area contributed by atoms with Gasteiger partial charge in [0.25, 0.3) is 0 Å². The summed E-state index contributed by atoms with van der Waals surface area (Å²) in [6, 6.07) is 26.1. The number of aryl methyl sites for hydroxylation is 1. The molecule has 1 unspecified atom stereocenters.